The highest BCUT2D eigenvalue weighted by atomic mass is 31.2. The monoisotopic (exact) mass is 451 g/mol. The molecule has 4 heteroatoms. The Morgan fingerprint density at radius 1 is 0.697 bits per heavy atom. The molecule has 4 rings (SSSR count). The molecule has 0 spiro atoms. The van der Waals surface area contributed by atoms with E-state index in [1.807, 2.05) is 97.9 Å². The van der Waals surface area contributed by atoms with Gasteiger partial charge in [0.25, 0.3) is 0 Å². The van der Waals surface area contributed by atoms with Gasteiger partial charge in [0.2, 0.25) is 0 Å². The molecule has 4 aromatic rings. The van der Waals surface area contributed by atoms with Gasteiger partial charge in [0.1, 0.15) is 5.70 Å². The van der Waals surface area contributed by atoms with Gasteiger partial charge < -0.3 is 4.74 Å². The predicted molar refractivity (Wildman–Crippen MR) is 139 cm³/mol. The minimum atomic E-state index is -2.57. The Morgan fingerprint density at radius 3 is 1.48 bits per heavy atom. The Bertz CT molecular complexity index is 1170. The number of hydrogen-bond donors (Lipinski definition) is 0. The number of esters is 1. The van der Waals surface area contributed by atoms with E-state index in [4.69, 9.17) is 9.48 Å². The number of nitrogens with zero attached hydrogens (tertiary/aromatic N) is 1. The lowest BCUT2D eigenvalue weighted by molar-refractivity contribution is -0.138. The first-order chi connectivity index (χ1) is 16.2. The van der Waals surface area contributed by atoms with E-state index in [-0.39, 0.29) is 6.61 Å². The van der Waals surface area contributed by atoms with Gasteiger partial charge in [-0.3, -0.25) is 0 Å². The molecule has 0 aliphatic carbocycles. The Labute approximate surface area is 195 Å². The van der Waals surface area contributed by atoms with Crippen molar-refractivity contribution < 1.29 is 9.53 Å². The zero-order valence-corrected chi connectivity index (χ0v) is 19.4. The van der Waals surface area contributed by atoms with E-state index in [1.165, 1.54) is 0 Å². The fourth-order valence-corrected chi connectivity index (χ4v) is 7.27. The van der Waals surface area contributed by atoms with Crippen LogP contribution in [0, 0.1) is 0 Å². The zero-order chi connectivity index (χ0) is 22.9. The van der Waals surface area contributed by atoms with Gasteiger partial charge in [0.05, 0.1) is 13.7 Å². The van der Waals surface area contributed by atoms with Crippen LogP contribution in [-0.2, 0) is 9.53 Å². The van der Waals surface area contributed by atoms with Crippen molar-refractivity contribution in [1.29, 1.82) is 0 Å². The predicted octanol–water partition coefficient (Wildman–Crippen LogP) is 5.77. The Balaban J connectivity index is 2.10. The molecule has 0 heterocycles. The van der Waals surface area contributed by atoms with E-state index in [0.717, 1.165) is 21.5 Å². The van der Waals surface area contributed by atoms with Crippen LogP contribution in [0.25, 0.3) is 6.08 Å². The standard InChI is InChI=1S/C29H26NO2P/c1-2-32-29(31)28(23-24-15-7-3-8-16-24)30-33(25-17-9-4-10-18-25,26-19-11-5-12-20-26)27-21-13-6-14-22-27/h3-23H,2H2,1H3/b28-23+. The third-order valence-corrected chi connectivity index (χ3v) is 8.89. The summed E-state index contributed by atoms with van der Waals surface area (Å²) in [6, 6.07) is 40.5. The SMILES string of the molecule is CCOC(=O)/C(=C\c1ccccc1)N=P(c1ccccc1)(c1ccccc1)c1ccccc1. The molecule has 4 aromatic carbocycles. The van der Waals surface area contributed by atoms with Crippen LogP contribution < -0.4 is 15.9 Å². The third kappa shape index (κ3) is 5.05. The van der Waals surface area contributed by atoms with E-state index in [1.54, 1.807) is 0 Å². The Morgan fingerprint density at radius 2 is 1.09 bits per heavy atom. The summed E-state index contributed by atoms with van der Waals surface area (Å²) in [7, 11) is -2.57. The molecule has 0 saturated carbocycles. The summed E-state index contributed by atoms with van der Waals surface area (Å²) >= 11 is 0. The number of rotatable bonds is 7. The van der Waals surface area contributed by atoms with Gasteiger partial charge in [-0.15, -0.1) is 0 Å². The van der Waals surface area contributed by atoms with Gasteiger partial charge in [0.15, 0.2) is 0 Å². The lowest BCUT2D eigenvalue weighted by Crippen LogP contribution is -2.26. The Hall–Kier alpha value is -3.68. The normalized spacial score (nSPS) is 11.6. The van der Waals surface area contributed by atoms with Gasteiger partial charge in [-0.25, -0.2) is 9.54 Å². The van der Waals surface area contributed by atoms with Gasteiger partial charge in [0, 0.05) is 15.9 Å². The number of benzene rings is 4. The molecular formula is C29H26NO2P. The molecule has 164 valence electrons. The molecule has 0 bridgehead atoms. The summed E-state index contributed by atoms with van der Waals surface area (Å²) in [5.41, 5.74) is 1.21. The van der Waals surface area contributed by atoms with Crippen molar-refractivity contribution >= 4 is 35.0 Å². The van der Waals surface area contributed by atoms with Crippen molar-refractivity contribution in [2.45, 2.75) is 6.92 Å². The maximum Gasteiger partial charge on any atom is 0.356 e. The van der Waals surface area contributed by atoms with Crippen LogP contribution in [0.4, 0.5) is 0 Å². The molecule has 0 fully saturated rings. The quantitative estimate of drug-likeness (QED) is 0.203. The van der Waals surface area contributed by atoms with Crippen LogP contribution >= 0.6 is 7.05 Å². The molecule has 33 heavy (non-hydrogen) atoms. The summed E-state index contributed by atoms with van der Waals surface area (Å²) in [4.78, 5) is 13.2. The van der Waals surface area contributed by atoms with Gasteiger partial charge in [-0.05, 0) is 18.6 Å². The lowest BCUT2D eigenvalue weighted by Gasteiger charge is -2.27. The molecule has 0 unspecified atom stereocenters. The molecule has 0 radical (unpaired) electrons. The van der Waals surface area contributed by atoms with Crippen molar-refractivity contribution in [1.82, 2.24) is 0 Å². The Kier molecular flexibility index (Phi) is 7.34. The van der Waals surface area contributed by atoms with Crippen LogP contribution in [0.3, 0.4) is 0 Å². The van der Waals surface area contributed by atoms with Crippen LogP contribution in [0.15, 0.2) is 132 Å². The average Bonchev–Trinajstić information content (AvgIpc) is 2.89. The maximum absolute atomic E-state index is 13.2. The summed E-state index contributed by atoms with van der Waals surface area (Å²) in [5, 5.41) is 3.22. The minimum Gasteiger partial charge on any atom is -0.461 e. The third-order valence-electron chi connectivity index (χ3n) is 5.23. The highest BCUT2D eigenvalue weighted by Gasteiger charge is 2.29. The summed E-state index contributed by atoms with van der Waals surface area (Å²) < 4.78 is 10.8. The first kappa shape index (κ1) is 22.5. The lowest BCUT2D eigenvalue weighted by atomic mass is 10.2. The second-order valence-corrected chi connectivity index (χ2v) is 10.4. The number of ether oxygens (including phenoxy) is 1. The number of carbonyl (C=O) groups is 1. The topological polar surface area (TPSA) is 38.7 Å². The van der Waals surface area contributed by atoms with Crippen molar-refractivity contribution in [2.75, 3.05) is 6.61 Å². The number of hydrogen-bond acceptors (Lipinski definition) is 3. The molecule has 0 N–H and O–H groups in total. The van der Waals surface area contributed by atoms with Crippen molar-refractivity contribution in [3.05, 3.63) is 133 Å². The smallest absolute Gasteiger partial charge is 0.356 e. The molecule has 0 saturated heterocycles. The van der Waals surface area contributed by atoms with Crippen LogP contribution in [0.1, 0.15) is 12.5 Å². The van der Waals surface area contributed by atoms with Gasteiger partial charge in [-0.2, -0.15) is 0 Å². The first-order valence-corrected chi connectivity index (χ1v) is 12.7. The largest absolute Gasteiger partial charge is 0.461 e. The van der Waals surface area contributed by atoms with E-state index in [2.05, 4.69) is 36.4 Å². The second kappa shape index (κ2) is 10.8. The highest BCUT2D eigenvalue weighted by molar-refractivity contribution is 7.87. The van der Waals surface area contributed by atoms with Gasteiger partial charge >= 0.3 is 5.97 Å². The summed E-state index contributed by atoms with van der Waals surface area (Å²) in [6.45, 7) is 2.10. The van der Waals surface area contributed by atoms with Crippen molar-refractivity contribution in [2.24, 2.45) is 4.74 Å². The summed E-state index contributed by atoms with van der Waals surface area (Å²) in [5.74, 6) is -0.423. The molecule has 0 aromatic heterocycles. The molecule has 0 aliphatic heterocycles. The number of carbonyl (C=O) groups excluding carboxylic acids is 1. The molecule has 0 atom stereocenters. The fourth-order valence-electron chi connectivity index (χ4n) is 3.75. The van der Waals surface area contributed by atoms with Crippen LogP contribution in [0.2, 0.25) is 0 Å². The van der Waals surface area contributed by atoms with Crippen LogP contribution in [0.5, 0.6) is 0 Å². The minimum absolute atomic E-state index is 0.286. The average molecular weight is 452 g/mol. The summed E-state index contributed by atoms with van der Waals surface area (Å²) in [6.07, 6.45) is 1.82. The van der Waals surface area contributed by atoms with E-state index in [9.17, 15) is 4.79 Å². The first-order valence-electron chi connectivity index (χ1n) is 11.0. The fraction of sp³-hybridized carbons (Fsp3) is 0.0690. The zero-order valence-electron chi connectivity index (χ0n) is 18.5. The van der Waals surface area contributed by atoms with E-state index in [0.29, 0.717) is 5.70 Å². The maximum atomic E-state index is 13.2. The van der Waals surface area contributed by atoms with Crippen molar-refractivity contribution in [3.63, 3.8) is 0 Å². The molecular weight excluding hydrogens is 425 g/mol. The molecule has 0 amide bonds. The van der Waals surface area contributed by atoms with Crippen LogP contribution in [-0.4, -0.2) is 12.6 Å². The van der Waals surface area contributed by atoms with Crippen molar-refractivity contribution in [3.8, 4) is 0 Å². The molecule has 0 aliphatic rings. The van der Waals surface area contributed by atoms with Gasteiger partial charge in [-0.1, -0.05) is 121 Å². The second-order valence-electron chi connectivity index (χ2n) is 7.40. The van der Waals surface area contributed by atoms with E-state index < -0.39 is 13.0 Å². The highest BCUT2D eigenvalue weighted by Crippen LogP contribution is 2.48. The molecule has 3 nitrogen and oxygen atoms in total. The van der Waals surface area contributed by atoms with E-state index >= 15 is 0 Å².